The first-order valence-corrected chi connectivity index (χ1v) is 3.54. The highest BCUT2D eigenvalue weighted by molar-refractivity contribution is 5.67. The summed E-state index contributed by atoms with van der Waals surface area (Å²) in [7, 11) is 0. The first kappa shape index (κ1) is 8.34. The van der Waals surface area contributed by atoms with E-state index in [9.17, 15) is 0 Å². The van der Waals surface area contributed by atoms with Gasteiger partial charge in [0, 0.05) is 17.3 Å². The molecule has 4 nitrogen and oxygen atoms in total. The maximum absolute atomic E-state index is 8.38. The Morgan fingerprint density at radius 1 is 1.67 bits per heavy atom. The first-order valence-electron chi connectivity index (χ1n) is 3.54. The van der Waals surface area contributed by atoms with Crippen LogP contribution in [0.5, 0.6) is 0 Å². The van der Waals surface area contributed by atoms with Crippen LogP contribution in [0.3, 0.4) is 0 Å². The highest BCUT2D eigenvalue weighted by Gasteiger charge is 2.07. The number of hydrogen-bond donors (Lipinski definition) is 2. The third-order valence-corrected chi connectivity index (χ3v) is 1.64. The average molecular weight is 162 g/mol. The van der Waals surface area contributed by atoms with Crippen molar-refractivity contribution in [1.82, 2.24) is 10.2 Å². The molecule has 1 aromatic rings. The van der Waals surface area contributed by atoms with E-state index < -0.39 is 0 Å². The molecule has 0 aliphatic rings. The predicted octanol–water partition coefficient (Wildman–Crippen LogP) is 0.850. The molecule has 12 heavy (non-hydrogen) atoms. The number of H-pyrrole nitrogens is 1. The molecule has 0 aliphatic heterocycles. The molecule has 0 radical (unpaired) electrons. The fraction of sp³-hybridized carbons (Fsp3) is 0.250. The van der Waals surface area contributed by atoms with Crippen molar-refractivity contribution in [3.05, 3.63) is 23.0 Å². The van der Waals surface area contributed by atoms with Gasteiger partial charge in [0.05, 0.1) is 17.5 Å². The smallest absolute Gasteiger partial charge is 0.0933 e. The quantitative estimate of drug-likeness (QED) is 0.601. The van der Waals surface area contributed by atoms with Gasteiger partial charge in [-0.2, -0.15) is 10.4 Å². The lowest BCUT2D eigenvalue weighted by Gasteiger charge is -1.97. The normalized spacial score (nSPS) is 11.2. The maximum atomic E-state index is 8.38. The van der Waals surface area contributed by atoms with Gasteiger partial charge in [0.15, 0.2) is 0 Å². The van der Waals surface area contributed by atoms with Crippen LogP contribution in [0.2, 0.25) is 0 Å². The molecule has 1 aromatic heterocycles. The Balaban J connectivity index is 3.20. The van der Waals surface area contributed by atoms with Crippen LogP contribution in [-0.4, -0.2) is 10.2 Å². The summed E-state index contributed by atoms with van der Waals surface area (Å²) in [5, 5.41) is 15.1. The number of nitrogens with one attached hydrogen (secondary N) is 1. The minimum atomic E-state index is 0.459. The van der Waals surface area contributed by atoms with Crippen LogP contribution in [0.4, 0.5) is 0 Å². The second-order valence-electron chi connectivity index (χ2n) is 2.54. The summed E-state index contributed by atoms with van der Waals surface area (Å²) >= 11 is 0. The topological polar surface area (TPSA) is 78.5 Å². The fourth-order valence-electron chi connectivity index (χ4n) is 1.12. The van der Waals surface area contributed by atoms with Crippen LogP contribution in [0.15, 0.2) is 6.08 Å². The molecule has 1 heterocycles. The maximum Gasteiger partial charge on any atom is 0.0933 e. The average Bonchev–Trinajstić information content (AvgIpc) is 2.32. The number of nitrogens with zero attached hydrogens (tertiary/aromatic N) is 2. The Bertz CT molecular complexity index is 334. The van der Waals surface area contributed by atoms with Crippen LogP contribution in [0.1, 0.15) is 17.0 Å². The molecule has 0 amide bonds. The second-order valence-corrected chi connectivity index (χ2v) is 2.54. The minimum Gasteiger partial charge on any atom is -0.398 e. The largest absolute Gasteiger partial charge is 0.398 e. The van der Waals surface area contributed by atoms with E-state index in [4.69, 9.17) is 11.0 Å². The molecule has 62 valence electrons. The van der Waals surface area contributed by atoms with Crippen LogP contribution < -0.4 is 5.73 Å². The monoisotopic (exact) mass is 162 g/mol. The van der Waals surface area contributed by atoms with Gasteiger partial charge in [-0.1, -0.05) is 0 Å². The van der Waals surface area contributed by atoms with E-state index in [0.717, 1.165) is 17.0 Å². The van der Waals surface area contributed by atoms with Crippen molar-refractivity contribution in [3.8, 4) is 6.07 Å². The molecular formula is C8H10N4. The summed E-state index contributed by atoms with van der Waals surface area (Å²) < 4.78 is 0. The van der Waals surface area contributed by atoms with Gasteiger partial charge in [0.1, 0.15) is 0 Å². The van der Waals surface area contributed by atoms with Gasteiger partial charge in [-0.3, -0.25) is 5.10 Å². The van der Waals surface area contributed by atoms with Crippen molar-refractivity contribution in [3.63, 3.8) is 0 Å². The highest BCUT2D eigenvalue weighted by atomic mass is 15.1. The van der Waals surface area contributed by atoms with Gasteiger partial charge in [0.2, 0.25) is 0 Å². The molecule has 0 saturated carbocycles. The number of nitriles is 1. The Morgan fingerprint density at radius 3 is 2.75 bits per heavy atom. The predicted molar refractivity (Wildman–Crippen MR) is 45.8 cm³/mol. The number of rotatable bonds is 1. The third kappa shape index (κ3) is 1.30. The van der Waals surface area contributed by atoms with Crippen LogP contribution in [0, 0.1) is 25.2 Å². The zero-order valence-corrected chi connectivity index (χ0v) is 7.05. The summed E-state index contributed by atoms with van der Waals surface area (Å²) in [4.78, 5) is 0. The third-order valence-electron chi connectivity index (χ3n) is 1.64. The van der Waals surface area contributed by atoms with Crippen molar-refractivity contribution in [2.45, 2.75) is 13.8 Å². The fourth-order valence-corrected chi connectivity index (χ4v) is 1.12. The van der Waals surface area contributed by atoms with Crippen molar-refractivity contribution in [1.29, 1.82) is 5.26 Å². The van der Waals surface area contributed by atoms with Gasteiger partial charge in [0.25, 0.3) is 0 Å². The van der Waals surface area contributed by atoms with Crippen molar-refractivity contribution < 1.29 is 0 Å². The molecule has 0 fully saturated rings. The van der Waals surface area contributed by atoms with Crippen LogP contribution >= 0.6 is 0 Å². The molecule has 0 unspecified atom stereocenters. The SMILES string of the molecule is Cc1n[nH]c(C)c1/C(N)=C\C#N. The molecule has 0 spiro atoms. The Labute approximate surface area is 70.7 Å². The van der Waals surface area contributed by atoms with Gasteiger partial charge in [-0.15, -0.1) is 0 Å². The van der Waals surface area contributed by atoms with E-state index in [-0.39, 0.29) is 0 Å². The van der Waals surface area contributed by atoms with E-state index in [1.807, 2.05) is 19.9 Å². The number of hydrogen-bond acceptors (Lipinski definition) is 3. The zero-order chi connectivity index (χ0) is 9.14. The second kappa shape index (κ2) is 3.09. The van der Waals surface area contributed by atoms with Crippen molar-refractivity contribution in [2.24, 2.45) is 5.73 Å². The summed E-state index contributed by atoms with van der Waals surface area (Å²) in [6.45, 7) is 3.71. The van der Waals surface area contributed by atoms with Gasteiger partial charge in [-0.05, 0) is 13.8 Å². The molecule has 0 bridgehead atoms. The molecule has 3 N–H and O–H groups in total. The van der Waals surface area contributed by atoms with Crippen molar-refractivity contribution >= 4 is 5.70 Å². The summed E-state index contributed by atoms with van der Waals surface area (Å²) in [5.74, 6) is 0. The lowest BCUT2D eigenvalue weighted by Crippen LogP contribution is -1.98. The summed E-state index contributed by atoms with van der Waals surface area (Å²) in [5.41, 5.74) is 8.62. The van der Waals surface area contributed by atoms with E-state index in [1.165, 1.54) is 6.08 Å². The Kier molecular flexibility index (Phi) is 2.15. The number of aryl methyl sites for hydroxylation is 2. The number of aromatic nitrogens is 2. The Hall–Kier alpha value is -1.76. The molecule has 0 aromatic carbocycles. The number of nitrogens with two attached hydrogens (primary N) is 1. The van der Waals surface area contributed by atoms with E-state index in [2.05, 4.69) is 10.2 Å². The van der Waals surface area contributed by atoms with Gasteiger partial charge < -0.3 is 5.73 Å². The first-order chi connectivity index (χ1) is 5.66. The van der Waals surface area contributed by atoms with E-state index >= 15 is 0 Å². The number of aromatic amines is 1. The zero-order valence-electron chi connectivity index (χ0n) is 7.05. The Morgan fingerprint density at radius 2 is 2.33 bits per heavy atom. The highest BCUT2D eigenvalue weighted by Crippen LogP contribution is 2.15. The molecule has 0 aliphatic carbocycles. The van der Waals surface area contributed by atoms with Gasteiger partial charge >= 0.3 is 0 Å². The summed E-state index contributed by atoms with van der Waals surface area (Å²) in [6.07, 6.45) is 1.31. The lowest BCUT2D eigenvalue weighted by atomic mass is 10.1. The van der Waals surface area contributed by atoms with Gasteiger partial charge in [-0.25, -0.2) is 0 Å². The molecular weight excluding hydrogens is 152 g/mol. The summed E-state index contributed by atoms with van der Waals surface area (Å²) in [6, 6.07) is 1.88. The van der Waals surface area contributed by atoms with Crippen molar-refractivity contribution in [2.75, 3.05) is 0 Å². The number of allylic oxidation sites excluding steroid dienone is 1. The molecule has 4 heteroatoms. The minimum absolute atomic E-state index is 0.459. The van der Waals surface area contributed by atoms with Crippen LogP contribution in [0.25, 0.3) is 5.70 Å². The molecule has 0 saturated heterocycles. The standard InChI is InChI=1S/C8H10N4/c1-5-8(6(2)12-11-5)7(10)3-4-9/h3H,10H2,1-2H3,(H,11,12)/b7-3+. The van der Waals surface area contributed by atoms with E-state index in [0.29, 0.717) is 5.70 Å². The van der Waals surface area contributed by atoms with E-state index in [1.54, 1.807) is 0 Å². The lowest BCUT2D eigenvalue weighted by molar-refractivity contribution is 1.02. The van der Waals surface area contributed by atoms with Crippen LogP contribution in [-0.2, 0) is 0 Å². The molecule has 1 rings (SSSR count). The molecule has 0 atom stereocenters.